The van der Waals surface area contributed by atoms with Gasteiger partial charge in [0.1, 0.15) is 0 Å². The van der Waals surface area contributed by atoms with Crippen molar-refractivity contribution in [3.05, 3.63) is 59.7 Å². The van der Waals surface area contributed by atoms with Crippen LogP contribution in [0.4, 0.5) is 0 Å². The van der Waals surface area contributed by atoms with E-state index >= 15 is 0 Å². The first-order valence-electron chi connectivity index (χ1n) is 6.97. The van der Waals surface area contributed by atoms with Gasteiger partial charge in [-0.3, -0.25) is 0 Å². The van der Waals surface area contributed by atoms with Crippen molar-refractivity contribution >= 4 is 0 Å². The van der Waals surface area contributed by atoms with Crippen molar-refractivity contribution in [2.24, 2.45) is 0 Å². The molecule has 1 atom stereocenters. The van der Waals surface area contributed by atoms with E-state index in [0.717, 1.165) is 24.6 Å². The Kier molecular flexibility index (Phi) is 3.88. The van der Waals surface area contributed by atoms with Crippen molar-refractivity contribution in [1.29, 1.82) is 0 Å². The Labute approximate surface area is 119 Å². The van der Waals surface area contributed by atoms with Crippen LogP contribution in [0.2, 0.25) is 0 Å². The fourth-order valence-corrected chi connectivity index (χ4v) is 2.38. The monoisotopic (exact) mass is 269 g/mol. The molecule has 20 heavy (non-hydrogen) atoms. The van der Waals surface area contributed by atoms with Crippen molar-refractivity contribution in [3.8, 4) is 11.5 Å². The second-order valence-electron chi connectivity index (χ2n) is 5.13. The quantitative estimate of drug-likeness (QED) is 0.903. The van der Waals surface area contributed by atoms with Crippen molar-refractivity contribution in [2.45, 2.75) is 19.4 Å². The van der Waals surface area contributed by atoms with Crippen LogP contribution in [0.25, 0.3) is 0 Å². The molecule has 0 amide bonds. The summed E-state index contributed by atoms with van der Waals surface area (Å²) in [5.41, 5.74) is 2.58. The molecule has 0 bridgehead atoms. The highest BCUT2D eigenvalue weighted by Gasteiger charge is 2.13. The summed E-state index contributed by atoms with van der Waals surface area (Å²) >= 11 is 0. The molecule has 3 heteroatoms. The third kappa shape index (κ3) is 2.94. The van der Waals surface area contributed by atoms with E-state index in [0.29, 0.717) is 12.7 Å². The van der Waals surface area contributed by atoms with Gasteiger partial charge in [0.15, 0.2) is 11.5 Å². The fourth-order valence-electron chi connectivity index (χ4n) is 2.38. The smallest absolute Gasteiger partial charge is 0.231 e. The van der Waals surface area contributed by atoms with Gasteiger partial charge in [-0.1, -0.05) is 43.3 Å². The molecule has 3 rings (SSSR count). The van der Waals surface area contributed by atoms with Crippen LogP contribution in [0.3, 0.4) is 0 Å². The molecule has 0 aromatic heterocycles. The zero-order chi connectivity index (χ0) is 13.8. The molecule has 1 aliphatic heterocycles. The molecule has 104 valence electrons. The van der Waals surface area contributed by atoms with Crippen molar-refractivity contribution in [2.75, 3.05) is 13.3 Å². The minimum Gasteiger partial charge on any atom is -0.454 e. The number of hydrogen-bond donors (Lipinski definition) is 1. The minimum atomic E-state index is 0.331. The Morgan fingerprint density at radius 3 is 2.70 bits per heavy atom. The van der Waals surface area contributed by atoms with Crippen LogP contribution in [0, 0.1) is 0 Å². The number of nitrogens with one attached hydrogen (secondary N) is 1. The van der Waals surface area contributed by atoms with E-state index in [1.165, 1.54) is 11.1 Å². The Hall–Kier alpha value is -2.00. The van der Waals surface area contributed by atoms with E-state index in [9.17, 15) is 0 Å². The van der Waals surface area contributed by atoms with Gasteiger partial charge < -0.3 is 14.8 Å². The normalized spacial score (nSPS) is 14.2. The molecule has 0 saturated carbocycles. The van der Waals surface area contributed by atoms with Crippen LogP contribution in [-0.2, 0) is 6.54 Å². The molecule has 2 aromatic carbocycles. The zero-order valence-corrected chi connectivity index (χ0v) is 11.6. The van der Waals surface area contributed by atoms with Gasteiger partial charge in [0.2, 0.25) is 6.79 Å². The molecule has 0 spiro atoms. The Bertz CT molecular complexity index is 568. The SMILES string of the molecule is CC(CNCc1ccc2c(c1)OCO2)c1ccccc1. The predicted molar refractivity (Wildman–Crippen MR) is 79.1 cm³/mol. The number of fused-ring (bicyclic) bond motifs is 1. The minimum absolute atomic E-state index is 0.331. The summed E-state index contributed by atoms with van der Waals surface area (Å²) in [7, 11) is 0. The van der Waals surface area contributed by atoms with Crippen molar-refractivity contribution in [3.63, 3.8) is 0 Å². The van der Waals surface area contributed by atoms with Gasteiger partial charge in [-0.05, 0) is 29.2 Å². The zero-order valence-electron chi connectivity index (χ0n) is 11.6. The van der Waals surface area contributed by atoms with Crippen LogP contribution in [0.5, 0.6) is 11.5 Å². The Morgan fingerprint density at radius 1 is 1.05 bits per heavy atom. The molecule has 1 unspecified atom stereocenters. The van der Waals surface area contributed by atoms with Crippen molar-refractivity contribution < 1.29 is 9.47 Å². The standard InChI is InChI=1S/C17H19NO2/c1-13(15-5-3-2-4-6-15)10-18-11-14-7-8-16-17(9-14)20-12-19-16/h2-9,13,18H,10-12H2,1H3. The van der Waals surface area contributed by atoms with Crippen LogP contribution in [0.1, 0.15) is 24.0 Å². The lowest BCUT2D eigenvalue weighted by molar-refractivity contribution is 0.174. The highest BCUT2D eigenvalue weighted by molar-refractivity contribution is 5.44. The van der Waals surface area contributed by atoms with Crippen molar-refractivity contribution in [1.82, 2.24) is 5.32 Å². The van der Waals surface area contributed by atoms with E-state index < -0.39 is 0 Å². The maximum absolute atomic E-state index is 5.39. The van der Waals surface area contributed by atoms with Gasteiger partial charge in [-0.2, -0.15) is 0 Å². The third-order valence-electron chi connectivity index (χ3n) is 3.59. The van der Waals surface area contributed by atoms with E-state index in [2.05, 4.69) is 48.6 Å². The molecule has 1 heterocycles. The van der Waals surface area contributed by atoms with Gasteiger partial charge in [0.25, 0.3) is 0 Å². The van der Waals surface area contributed by atoms with Gasteiger partial charge in [0, 0.05) is 13.1 Å². The van der Waals surface area contributed by atoms with E-state index in [1.807, 2.05) is 12.1 Å². The molecule has 1 N–H and O–H groups in total. The summed E-state index contributed by atoms with van der Waals surface area (Å²) in [6, 6.07) is 16.7. The van der Waals surface area contributed by atoms with Crippen LogP contribution < -0.4 is 14.8 Å². The van der Waals surface area contributed by atoms with Gasteiger partial charge >= 0.3 is 0 Å². The number of hydrogen-bond acceptors (Lipinski definition) is 3. The molecule has 0 fully saturated rings. The first-order valence-corrected chi connectivity index (χ1v) is 6.97. The van der Waals surface area contributed by atoms with E-state index in [-0.39, 0.29) is 0 Å². The van der Waals surface area contributed by atoms with Gasteiger partial charge in [-0.25, -0.2) is 0 Å². The topological polar surface area (TPSA) is 30.5 Å². The van der Waals surface area contributed by atoms with E-state index in [4.69, 9.17) is 9.47 Å². The molecule has 3 nitrogen and oxygen atoms in total. The summed E-state index contributed by atoms with van der Waals surface area (Å²) in [5, 5.41) is 3.49. The van der Waals surface area contributed by atoms with Gasteiger partial charge in [0.05, 0.1) is 0 Å². The summed E-state index contributed by atoms with van der Waals surface area (Å²) < 4.78 is 10.7. The molecule has 0 radical (unpaired) electrons. The lowest BCUT2D eigenvalue weighted by atomic mass is 10.0. The molecule has 0 aliphatic carbocycles. The van der Waals surface area contributed by atoms with Crippen LogP contribution in [0.15, 0.2) is 48.5 Å². The largest absolute Gasteiger partial charge is 0.454 e. The lowest BCUT2D eigenvalue weighted by Crippen LogP contribution is -2.19. The average Bonchev–Trinajstić information content (AvgIpc) is 2.95. The van der Waals surface area contributed by atoms with Crippen LogP contribution >= 0.6 is 0 Å². The van der Waals surface area contributed by atoms with E-state index in [1.54, 1.807) is 0 Å². The Balaban J connectivity index is 1.53. The summed E-state index contributed by atoms with van der Waals surface area (Å²) in [4.78, 5) is 0. The molecule has 0 saturated heterocycles. The number of benzene rings is 2. The fraction of sp³-hybridized carbons (Fsp3) is 0.294. The Morgan fingerprint density at radius 2 is 1.85 bits per heavy atom. The molecular formula is C17H19NO2. The summed E-state index contributed by atoms with van der Waals surface area (Å²) in [6.07, 6.45) is 0. The average molecular weight is 269 g/mol. The summed E-state index contributed by atoms with van der Waals surface area (Å²) in [5.74, 6) is 2.19. The lowest BCUT2D eigenvalue weighted by Gasteiger charge is -2.13. The molecule has 1 aliphatic rings. The number of ether oxygens (including phenoxy) is 2. The van der Waals surface area contributed by atoms with Crippen LogP contribution in [-0.4, -0.2) is 13.3 Å². The second-order valence-corrected chi connectivity index (χ2v) is 5.13. The highest BCUT2D eigenvalue weighted by atomic mass is 16.7. The second kappa shape index (κ2) is 5.97. The first kappa shape index (κ1) is 13.0. The highest BCUT2D eigenvalue weighted by Crippen LogP contribution is 2.32. The maximum atomic E-state index is 5.39. The number of rotatable bonds is 5. The summed E-state index contributed by atoms with van der Waals surface area (Å²) in [6.45, 7) is 4.37. The third-order valence-corrected chi connectivity index (χ3v) is 3.59. The molecule has 2 aromatic rings. The van der Waals surface area contributed by atoms with Gasteiger partial charge in [-0.15, -0.1) is 0 Å². The first-order chi connectivity index (χ1) is 9.83. The molecular weight excluding hydrogens is 250 g/mol. The predicted octanol–water partition coefficient (Wildman–Crippen LogP) is 3.31. The maximum Gasteiger partial charge on any atom is 0.231 e.